The zero-order valence-corrected chi connectivity index (χ0v) is 13.6. The lowest BCUT2D eigenvalue weighted by Crippen LogP contribution is -2.33. The first-order chi connectivity index (χ1) is 12.2. The lowest BCUT2D eigenvalue weighted by atomic mass is 10.1. The van der Waals surface area contributed by atoms with Gasteiger partial charge in [-0.25, -0.2) is 9.24 Å². The molecule has 3 heterocycles. The monoisotopic (exact) mass is 333 g/mol. The lowest BCUT2D eigenvalue weighted by Gasteiger charge is -2.27. The van der Waals surface area contributed by atoms with E-state index in [-0.39, 0.29) is 5.82 Å². The summed E-state index contributed by atoms with van der Waals surface area (Å²) in [5.74, 6) is -0.352. The molecule has 124 valence electrons. The Hall–Kier alpha value is -3.04. The first kappa shape index (κ1) is 15.5. The maximum Gasteiger partial charge on any atom is 0.187 e. The Labute approximate surface area is 145 Å². The van der Waals surface area contributed by atoms with Crippen molar-refractivity contribution in [1.29, 1.82) is 0 Å². The lowest BCUT2D eigenvalue weighted by molar-refractivity contribution is 0.205. The first-order valence-electron chi connectivity index (χ1n) is 8.09. The van der Waals surface area contributed by atoms with Crippen LogP contribution in [0.5, 0.6) is 0 Å². The van der Waals surface area contributed by atoms with Gasteiger partial charge in [-0.3, -0.25) is 14.6 Å². The number of fused-ring (bicyclic) bond motifs is 1. The summed E-state index contributed by atoms with van der Waals surface area (Å²) in [5.41, 5.74) is 3.77. The Kier molecular flexibility index (Phi) is 4.00. The van der Waals surface area contributed by atoms with Gasteiger partial charge in [-0.15, -0.1) is 0 Å². The van der Waals surface area contributed by atoms with Gasteiger partial charge in [0, 0.05) is 25.8 Å². The normalized spacial score (nSPS) is 14.1. The fourth-order valence-corrected chi connectivity index (χ4v) is 3.08. The van der Waals surface area contributed by atoms with Crippen LogP contribution in [0.25, 0.3) is 16.2 Å². The van der Waals surface area contributed by atoms with Crippen LogP contribution in [0.3, 0.4) is 0 Å². The second-order valence-electron chi connectivity index (χ2n) is 6.07. The second kappa shape index (κ2) is 6.46. The summed E-state index contributed by atoms with van der Waals surface area (Å²) in [5, 5.41) is 4.50. The van der Waals surface area contributed by atoms with Gasteiger partial charge < -0.3 is 0 Å². The molecule has 6 heteroatoms. The van der Waals surface area contributed by atoms with Crippen LogP contribution in [-0.4, -0.2) is 26.2 Å². The molecule has 0 unspecified atom stereocenters. The summed E-state index contributed by atoms with van der Waals surface area (Å²) in [6.45, 7) is 10.2. The molecule has 2 aromatic heterocycles. The highest BCUT2D eigenvalue weighted by molar-refractivity contribution is 5.55. The second-order valence-corrected chi connectivity index (χ2v) is 6.07. The number of hydrogen-bond donors (Lipinski definition) is 0. The van der Waals surface area contributed by atoms with Crippen LogP contribution in [-0.2, 0) is 19.6 Å². The minimum Gasteiger partial charge on any atom is -0.291 e. The zero-order chi connectivity index (χ0) is 17.2. The standard InChI is InChI=1S/C19H16FN5/c1-21-15-6-4-14(5-7-15)12-24-9-10-25-16(13-24)11-18(23-25)19-17(20)3-2-8-22-19/h2-8,11H,9-10,12-13H2. The van der Waals surface area contributed by atoms with E-state index in [2.05, 4.69) is 19.8 Å². The predicted molar refractivity (Wildman–Crippen MR) is 92.2 cm³/mol. The van der Waals surface area contributed by atoms with E-state index in [0.29, 0.717) is 17.1 Å². The number of nitrogens with zero attached hydrogens (tertiary/aromatic N) is 5. The van der Waals surface area contributed by atoms with Gasteiger partial charge in [-0.05, 0) is 23.8 Å². The number of aromatic nitrogens is 3. The average Bonchev–Trinajstić information content (AvgIpc) is 3.06. The van der Waals surface area contributed by atoms with Crippen molar-refractivity contribution in [2.75, 3.05) is 6.54 Å². The van der Waals surface area contributed by atoms with Crippen LogP contribution >= 0.6 is 0 Å². The predicted octanol–water partition coefficient (Wildman–Crippen LogP) is 3.65. The van der Waals surface area contributed by atoms with E-state index in [1.807, 2.05) is 35.0 Å². The van der Waals surface area contributed by atoms with Crippen molar-refractivity contribution in [3.05, 3.63) is 77.2 Å². The van der Waals surface area contributed by atoms with E-state index in [0.717, 1.165) is 31.9 Å². The topological polar surface area (TPSA) is 38.3 Å². The van der Waals surface area contributed by atoms with E-state index >= 15 is 0 Å². The number of pyridine rings is 1. The number of benzene rings is 1. The van der Waals surface area contributed by atoms with Crippen LogP contribution in [0, 0.1) is 12.4 Å². The summed E-state index contributed by atoms with van der Waals surface area (Å²) in [4.78, 5) is 9.84. The molecule has 0 fully saturated rings. The van der Waals surface area contributed by atoms with Crippen LogP contribution in [0.4, 0.5) is 10.1 Å². The third-order valence-corrected chi connectivity index (χ3v) is 4.35. The van der Waals surface area contributed by atoms with Crippen molar-refractivity contribution in [1.82, 2.24) is 19.7 Å². The maximum absolute atomic E-state index is 13.9. The molecule has 0 amide bonds. The fraction of sp³-hybridized carbons (Fsp3) is 0.211. The molecule has 0 bridgehead atoms. The molecule has 5 nitrogen and oxygen atoms in total. The highest BCUT2D eigenvalue weighted by Crippen LogP contribution is 2.23. The van der Waals surface area contributed by atoms with E-state index in [1.54, 1.807) is 12.3 Å². The largest absolute Gasteiger partial charge is 0.291 e. The van der Waals surface area contributed by atoms with Crippen molar-refractivity contribution >= 4 is 5.69 Å². The summed E-state index contributed by atoms with van der Waals surface area (Å²) < 4.78 is 15.9. The minimum atomic E-state index is -0.352. The Morgan fingerprint density at radius 3 is 2.76 bits per heavy atom. The van der Waals surface area contributed by atoms with Crippen LogP contribution in [0.15, 0.2) is 48.7 Å². The van der Waals surface area contributed by atoms with E-state index < -0.39 is 0 Å². The molecule has 0 saturated heterocycles. The van der Waals surface area contributed by atoms with Gasteiger partial charge in [-0.1, -0.05) is 24.3 Å². The highest BCUT2D eigenvalue weighted by atomic mass is 19.1. The molecule has 0 aliphatic carbocycles. The summed E-state index contributed by atoms with van der Waals surface area (Å²) in [7, 11) is 0. The molecule has 1 aromatic carbocycles. The SMILES string of the molecule is [C-]#[N+]c1ccc(CN2CCn3nc(-c4ncccc4F)cc3C2)cc1. The number of halogens is 1. The molecule has 0 radical (unpaired) electrons. The number of rotatable bonds is 3. The van der Waals surface area contributed by atoms with Crippen LogP contribution in [0.1, 0.15) is 11.3 Å². The van der Waals surface area contributed by atoms with Crippen molar-refractivity contribution in [3.63, 3.8) is 0 Å². The van der Waals surface area contributed by atoms with Gasteiger partial charge >= 0.3 is 0 Å². The molecule has 0 spiro atoms. The van der Waals surface area contributed by atoms with Gasteiger partial charge in [0.2, 0.25) is 0 Å². The van der Waals surface area contributed by atoms with Crippen molar-refractivity contribution < 1.29 is 4.39 Å². The van der Waals surface area contributed by atoms with Crippen LogP contribution < -0.4 is 0 Å². The van der Waals surface area contributed by atoms with Gasteiger partial charge in [0.05, 0.1) is 18.8 Å². The Bertz CT molecular complexity index is 939. The molecule has 1 aliphatic rings. The van der Waals surface area contributed by atoms with E-state index in [9.17, 15) is 4.39 Å². The highest BCUT2D eigenvalue weighted by Gasteiger charge is 2.20. The first-order valence-corrected chi connectivity index (χ1v) is 8.09. The molecule has 0 atom stereocenters. The third kappa shape index (κ3) is 3.14. The summed E-state index contributed by atoms with van der Waals surface area (Å²) >= 11 is 0. The molecule has 0 saturated carbocycles. The molecule has 3 aromatic rings. The molecular weight excluding hydrogens is 317 g/mol. The third-order valence-electron chi connectivity index (χ3n) is 4.35. The van der Waals surface area contributed by atoms with E-state index in [4.69, 9.17) is 6.57 Å². The van der Waals surface area contributed by atoms with Gasteiger partial charge in [0.1, 0.15) is 11.4 Å². The van der Waals surface area contributed by atoms with Gasteiger partial charge in [-0.2, -0.15) is 5.10 Å². The zero-order valence-electron chi connectivity index (χ0n) is 13.6. The molecule has 25 heavy (non-hydrogen) atoms. The maximum atomic E-state index is 13.9. The smallest absolute Gasteiger partial charge is 0.187 e. The molecule has 1 aliphatic heterocycles. The van der Waals surface area contributed by atoms with Gasteiger partial charge in [0.15, 0.2) is 11.5 Å². The average molecular weight is 333 g/mol. The van der Waals surface area contributed by atoms with Gasteiger partial charge in [0.25, 0.3) is 0 Å². The quantitative estimate of drug-likeness (QED) is 0.687. The molecule has 4 rings (SSSR count). The van der Waals surface area contributed by atoms with Crippen LogP contribution in [0.2, 0.25) is 0 Å². The Morgan fingerprint density at radius 2 is 2.00 bits per heavy atom. The Morgan fingerprint density at radius 1 is 1.16 bits per heavy atom. The Balaban J connectivity index is 1.51. The minimum absolute atomic E-state index is 0.297. The van der Waals surface area contributed by atoms with Crippen molar-refractivity contribution in [3.8, 4) is 11.4 Å². The fourth-order valence-electron chi connectivity index (χ4n) is 3.08. The molecule has 0 N–H and O–H groups in total. The summed E-state index contributed by atoms with van der Waals surface area (Å²) in [6.07, 6.45) is 1.58. The number of hydrogen-bond acceptors (Lipinski definition) is 3. The summed E-state index contributed by atoms with van der Waals surface area (Å²) in [6, 6.07) is 12.6. The van der Waals surface area contributed by atoms with Crippen molar-refractivity contribution in [2.45, 2.75) is 19.6 Å². The van der Waals surface area contributed by atoms with E-state index in [1.165, 1.54) is 11.6 Å². The van der Waals surface area contributed by atoms with Crippen molar-refractivity contribution in [2.24, 2.45) is 0 Å². The molecular formula is C19H16FN5.